The Bertz CT molecular complexity index is 277. The van der Waals surface area contributed by atoms with Crippen molar-refractivity contribution >= 4 is 5.97 Å². The largest absolute Gasteiger partial charge is 0.465 e. The summed E-state index contributed by atoms with van der Waals surface area (Å²) in [5.74, 6) is -0.246. The zero-order valence-electron chi connectivity index (χ0n) is 8.06. The molecule has 5 heteroatoms. The molecule has 0 aliphatic carbocycles. The molecule has 14 heavy (non-hydrogen) atoms. The zero-order chi connectivity index (χ0) is 10.2. The van der Waals surface area contributed by atoms with Crippen molar-refractivity contribution in [1.82, 2.24) is 15.3 Å². The van der Waals surface area contributed by atoms with Crippen LogP contribution in [-0.4, -0.2) is 29.1 Å². The molecule has 0 amide bonds. The fraction of sp³-hybridized carbons (Fsp3) is 0.444. The molecular formula is C9H13N3O2. The maximum absolute atomic E-state index is 10.9. The van der Waals surface area contributed by atoms with E-state index in [1.165, 1.54) is 6.33 Å². The van der Waals surface area contributed by atoms with Crippen LogP contribution < -0.4 is 5.32 Å². The molecule has 0 saturated heterocycles. The maximum atomic E-state index is 10.9. The van der Waals surface area contributed by atoms with Crippen molar-refractivity contribution in [3.8, 4) is 0 Å². The fourth-order valence-corrected chi connectivity index (χ4v) is 0.942. The molecule has 0 radical (unpaired) electrons. The lowest BCUT2D eigenvalue weighted by Gasteiger charge is -2.03. The molecule has 1 aromatic heterocycles. The Labute approximate surface area is 82.5 Å². The van der Waals surface area contributed by atoms with E-state index in [9.17, 15) is 4.79 Å². The molecule has 1 aromatic rings. The Morgan fingerprint density at radius 2 is 2.21 bits per heavy atom. The standard InChI is InChI=1S/C9H13N3O2/c1-2-14-9(13)6-10-3-8-4-11-7-12-5-8/h4-5,7,10H,2-3,6H2,1H3. The van der Waals surface area contributed by atoms with E-state index in [2.05, 4.69) is 15.3 Å². The molecule has 76 valence electrons. The van der Waals surface area contributed by atoms with Crippen molar-refractivity contribution in [2.45, 2.75) is 13.5 Å². The summed E-state index contributed by atoms with van der Waals surface area (Å²) in [6.45, 7) is 2.97. The maximum Gasteiger partial charge on any atom is 0.319 e. The van der Waals surface area contributed by atoms with Crippen LogP contribution in [-0.2, 0) is 16.1 Å². The van der Waals surface area contributed by atoms with Gasteiger partial charge in [0, 0.05) is 24.5 Å². The van der Waals surface area contributed by atoms with Crippen LogP contribution >= 0.6 is 0 Å². The summed E-state index contributed by atoms with van der Waals surface area (Å²) in [4.78, 5) is 18.6. The summed E-state index contributed by atoms with van der Waals surface area (Å²) in [6.07, 6.45) is 4.87. The number of esters is 1. The first-order valence-corrected chi connectivity index (χ1v) is 4.43. The number of carbonyl (C=O) groups is 1. The zero-order valence-corrected chi connectivity index (χ0v) is 8.06. The van der Waals surface area contributed by atoms with Crippen molar-refractivity contribution in [2.75, 3.05) is 13.2 Å². The summed E-state index contributed by atoms with van der Waals surface area (Å²) < 4.78 is 4.75. The third-order valence-electron chi connectivity index (χ3n) is 1.52. The SMILES string of the molecule is CCOC(=O)CNCc1cncnc1. The van der Waals surface area contributed by atoms with Crippen LogP contribution in [0.3, 0.4) is 0 Å². The lowest BCUT2D eigenvalue weighted by molar-refractivity contribution is -0.142. The highest BCUT2D eigenvalue weighted by Crippen LogP contribution is 1.90. The number of nitrogens with one attached hydrogen (secondary N) is 1. The average Bonchev–Trinajstić information content (AvgIpc) is 2.20. The van der Waals surface area contributed by atoms with Gasteiger partial charge >= 0.3 is 5.97 Å². The minimum Gasteiger partial charge on any atom is -0.465 e. The molecule has 0 saturated carbocycles. The molecule has 0 fully saturated rings. The van der Waals surface area contributed by atoms with E-state index >= 15 is 0 Å². The van der Waals surface area contributed by atoms with Gasteiger partial charge in [-0.2, -0.15) is 0 Å². The Balaban J connectivity index is 2.19. The van der Waals surface area contributed by atoms with Crippen LogP contribution in [0.25, 0.3) is 0 Å². The van der Waals surface area contributed by atoms with E-state index in [1.54, 1.807) is 19.3 Å². The third-order valence-corrected chi connectivity index (χ3v) is 1.52. The van der Waals surface area contributed by atoms with Gasteiger partial charge in [-0.1, -0.05) is 0 Å². The molecule has 1 heterocycles. The van der Waals surface area contributed by atoms with Gasteiger partial charge in [0.2, 0.25) is 0 Å². The van der Waals surface area contributed by atoms with Crippen molar-refractivity contribution in [3.63, 3.8) is 0 Å². The number of nitrogens with zero attached hydrogens (tertiary/aromatic N) is 2. The predicted octanol–water partition coefficient (Wildman–Crippen LogP) is 0.129. The van der Waals surface area contributed by atoms with Gasteiger partial charge in [0.15, 0.2) is 0 Å². The highest BCUT2D eigenvalue weighted by atomic mass is 16.5. The first-order valence-electron chi connectivity index (χ1n) is 4.43. The molecule has 0 spiro atoms. The second-order valence-corrected chi connectivity index (χ2v) is 2.66. The molecule has 0 atom stereocenters. The number of rotatable bonds is 5. The van der Waals surface area contributed by atoms with Crippen LogP contribution in [0.5, 0.6) is 0 Å². The molecule has 0 bridgehead atoms. The quantitative estimate of drug-likeness (QED) is 0.676. The van der Waals surface area contributed by atoms with Crippen molar-refractivity contribution < 1.29 is 9.53 Å². The monoisotopic (exact) mass is 195 g/mol. The Hall–Kier alpha value is -1.49. The lowest BCUT2D eigenvalue weighted by atomic mass is 10.3. The van der Waals surface area contributed by atoms with Crippen LogP contribution in [0, 0.1) is 0 Å². The van der Waals surface area contributed by atoms with E-state index in [0.29, 0.717) is 13.2 Å². The minimum atomic E-state index is -0.246. The van der Waals surface area contributed by atoms with Crippen molar-refractivity contribution in [1.29, 1.82) is 0 Å². The van der Waals surface area contributed by atoms with Gasteiger partial charge in [0.1, 0.15) is 6.33 Å². The van der Waals surface area contributed by atoms with Gasteiger partial charge in [0.25, 0.3) is 0 Å². The topological polar surface area (TPSA) is 64.1 Å². The van der Waals surface area contributed by atoms with Gasteiger partial charge in [0.05, 0.1) is 13.2 Å². The normalized spacial score (nSPS) is 9.79. The highest BCUT2D eigenvalue weighted by molar-refractivity contribution is 5.71. The van der Waals surface area contributed by atoms with E-state index in [0.717, 1.165) is 5.56 Å². The molecule has 0 aliphatic heterocycles. The Morgan fingerprint density at radius 1 is 1.50 bits per heavy atom. The molecule has 0 aromatic carbocycles. The molecule has 1 rings (SSSR count). The lowest BCUT2D eigenvalue weighted by Crippen LogP contribution is -2.24. The third kappa shape index (κ3) is 3.95. The molecular weight excluding hydrogens is 182 g/mol. The number of aromatic nitrogens is 2. The smallest absolute Gasteiger partial charge is 0.319 e. The predicted molar refractivity (Wildman–Crippen MR) is 50.4 cm³/mol. The van der Waals surface area contributed by atoms with Crippen LogP contribution in [0.1, 0.15) is 12.5 Å². The average molecular weight is 195 g/mol. The number of carbonyl (C=O) groups excluding carboxylic acids is 1. The van der Waals surface area contributed by atoms with Crippen LogP contribution in [0.15, 0.2) is 18.7 Å². The number of hydrogen-bond donors (Lipinski definition) is 1. The second kappa shape index (κ2) is 6.04. The minimum absolute atomic E-state index is 0.211. The van der Waals surface area contributed by atoms with Crippen LogP contribution in [0.2, 0.25) is 0 Å². The van der Waals surface area contributed by atoms with E-state index in [-0.39, 0.29) is 12.5 Å². The summed E-state index contributed by atoms with van der Waals surface area (Å²) in [5, 5.41) is 2.93. The van der Waals surface area contributed by atoms with Crippen LogP contribution in [0.4, 0.5) is 0 Å². The summed E-state index contributed by atoms with van der Waals surface area (Å²) in [7, 11) is 0. The number of hydrogen-bond acceptors (Lipinski definition) is 5. The molecule has 0 aliphatic rings. The second-order valence-electron chi connectivity index (χ2n) is 2.66. The molecule has 1 N–H and O–H groups in total. The summed E-state index contributed by atoms with van der Waals surface area (Å²) >= 11 is 0. The van der Waals surface area contributed by atoms with Gasteiger partial charge in [-0.15, -0.1) is 0 Å². The summed E-state index contributed by atoms with van der Waals surface area (Å²) in [5.41, 5.74) is 0.941. The van der Waals surface area contributed by atoms with Gasteiger partial charge in [-0.05, 0) is 6.92 Å². The van der Waals surface area contributed by atoms with Crippen molar-refractivity contribution in [2.24, 2.45) is 0 Å². The Kier molecular flexibility index (Phi) is 4.57. The Morgan fingerprint density at radius 3 is 2.86 bits per heavy atom. The van der Waals surface area contributed by atoms with Gasteiger partial charge in [-0.3, -0.25) is 4.79 Å². The van der Waals surface area contributed by atoms with E-state index < -0.39 is 0 Å². The summed E-state index contributed by atoms with van der Waals surface area (Å²) in [6, 6.07) is 0. The number of ether oxygens (including phenoxy) is 1. The van der Waals surface area contributed by atoms with E-state index in [1.807, 2.05) is 0 Å². The highest BCUT2D eigenvalue weighted by Gasteiger charge is 1.99. The van der Waals surface area contributed by atoms with Gasteiger partial charge in [-0.25, -0.2) is 9.97 Å². The van der Waals surface area contributed by atoms with Gasteiger partial charge < -0.3 is 10.1 Å². The van der Waals surface area contributed by atoms with E-state index in [4.69, 9.17) is 4.74 Å². The first kappa shape index (κ1) is 10.6. The molecule has 0 unspecified atom stereocenters. The fourth-order valence-electron chi connectivity index (χ4n) is 0.942. The molecule has 5 nitrogen and oxygen atoms in total. The first-order chi connectivity index (χ1) is 6.83. The van der Waals surface area contributed by atoms with Crippen molar-refractivity contribution in [3.05, 3.63) is 24.3 Å².